The van der Waals surface area contributed by atoms with Crippen molar-refractivity contribution >= 4 is 39.3 Å². The molecular weight excluding hydrogens is 465 g/mol. The maximum absolute atomic E-state index is 13.2. The zero-order valence-electron chi connectivity index (χ0n) is 17.8. The van der Waals surface area contributed by atoms with Gasteiger partial charge >= 0.3 is 0 Å². The molecule has 0 atom stereocenters. The van der Waals surface area contributed by atoms with Crippen LogP contribution in [-0.2, 0) is 20.4 Å². The van der Waals surface area contributed by atoms with Gasteiger partial charge in [0.05, 0.1) is 41.0 Å². The predicted octanol–water partition coefficient (Wildman–Crippen LogP) is 4.90. The largest absolute Gasteiger partial charge is 0.496 e. The molecule has 0 radical (unpaired) electrons. The molecule has 6 nitrogen and oxygen atoms in total. The third-order valence-electron chi connectivity index (χ3n) is 5.03. The van der Waals surface area contributed by atoms with E-state index < -0.39 is 9.84 Å². The summed E-state index contributed by atoms with van der Waals surface area (Å²) in [6, 6.07) is 15.5. The molecule has 0 saturated heterocycles. The molecule has 1 aliphatic heterocycles. The number of fused-ring (bicyclic) bond motifs is 1. The molecule has 1 N–H and O–H groups in total. The van der Waals surface area contributed by atoms with Gasteiger partial charge in [-0.1, -0.05) is 30.0 Å². The molecule has 0 spiro atoms. The van der Waals surface area contributed by atoms with Gasteiger partial charge in [-0.15, -0.1) is 0 Å². The van der Waals surface area contributed by atoms with Crippen LogP contribution in [0.4, 0.5) is 10.1 Å². The van der Waals surface area contributed by atoms with Crippen LogP contribution >= 0.6 is 11.8 Å². The first-order valence-corrected chi connectivity index (χ1v) is 12.3. The van der Waals surface area contributed by atoms with Crippen LogP contribution in [0.3, 0.4) is 0 Å². The van der Waals surface area contributed by atoms with Gasteiger partial charge in [-0.3, -0.25) is 4.79 Å². The van der Waals surface area contributed by atoms with Crippen LogP contribution in [-0.4, -0.2) is 28.5 Å². The third kappa shape index (κ3) is 4.89. The molecule has 33 heavy (non-hydrogen) atoms. The summed E-state index contributed by atoms with van der Waals surface area (Å²) < 4.78 is 50.1. The quantitative estimate of drug-likeness (QED) is 0.500. The van der Waals surface area contributed by atoms with E-state index in [0.717, 1.165) is 0 Å². The molecule has 9 heteroatoms. The van der Waals surface area contributed by atoms with Gasteiger partial charge in [0.25, 0.3) is 5.91 Å². The average Bonchev–Trinajstić information content (AvgIpc) is 2.80. The fraction of sp³-hybridized carbons (Fsp3) is 0.125. The summed E-state index contributed by atoms with van der Waals surface area (Å²) in [5.41, 5.74) is 1.51. The number of carbonyl (C=O) groups excluding carboxylic acids is 1. The van der Waals surface area contributed by atoms with Gasteiger partial charge in [0.2, 0.25) is 0 Å². The number of anilines is 1. The summed E-state index contributed by atoms with van der Waals surface area (Å²) in [5, 5.41) is 2.75. The van der Waals surface area contributed by atoms with Gasteiger partial charge in [-0.2, -0.15) is 0 Å². The zero-order valence-corrected chi connectivity index (χ0v) is 19.4. The van der Waals surface area contributed by atoms with Gasteiger partial charge in [0, 0.05) is 4.90 Å². The molecule has 0 bridgehead atoms. The van der Waals surface area contributed by atoms with E-state index in [-0.39, 0.29) is 22.4 Å². The number of rotatable bonds is 6. The average molecular weight is 486 g/mol. The van der Waals surface area contributed by atoms with E-state index in [0.29, 0.717) is 38.1 Å². The maximum Gasteiger partial charge on any atom is 0.262 e. The molecule has 0 aliphatic carbocycles. The van der Waals surface area contributed by atoms with Gasteiger partial charge in [0.1, 0.15) is 17.3 Å². The molecule has 0 fully saturated rings. The van der Waals surface area contributed by atoms with Crippen molar-refractivity contribution < 1.29 is 27.1 Å². The van der Waals surface area contributed by atoms with E-state index in [2.05, 4.69) is 5.32 Å². The van der Waals surface area contributed by atoms with E-state index in [1.54, 1.807) is 42.5 Å². The highest BCUT2D eigenvalue weighted by Crippen LogP contribution is 2.41. The highest BCUT2D eigenvalue weighted by Gasteiger charge is 2.26. The van der Waals surface area contributed by atoms with Crippen LogP contribution in [0.2, 0.25) is 0 Å². The summed E-state index contributed by atoms with van der Waals surface area (Å²) in [5.74, 6) is -0.221. The number of carbonyl (C=O) groups is 1. The van der Waals surface area contributed by atoms with E-state index in [9.17, 15) is 17.6 Å². The van der Waals surface area contributed by atoms with Crippen LogP contribution in [0.25, 0.3) is 6.08 Å². The summed E-state index contributed by atoms with van der Waals surface area (Å²) in [6.07, 6.45) is 1.65. The molecule has 3 aromatic rings. The second kappa shape index (κ2) is 9.29. The molecule has 0 saturated carbocycles. The number of methoxy groups -OCH3 is 2. The number of sulfone groups is 1. The lowest BCUT2D eigenvalue weighted by Gasteiger charge is -2.20. The molecule has 0 unspecified atom stereocenters. The number of thioether (sulfide) groups is 1. The second-order valence-electron chi connectivity index (χ2n) is 7.17. The van der Waals surface area contributed by atoms with Gasteiger partial charge in [-0.25, -0.2) is 12.8 Å². The number of ether oxygens (including phenoxy) is 2. The smallest absolute Gasteiger partial charge is 0.262 e. The van der Waals surface area contributed by atoms with Crippen molar-refractivity contribution in [1.29, 1.82) is 0 Å². The topological polar surface area (TPSA) is 81.7 Å². The fourth-order valence-electron chi connectivity index (χ4n) is 3.39. The van der Waals surface area contributed by atoms with Crippen LogP contribution < -0.4 is 14.8 Å². The molecular formula is C24H20FNO5S2. The highest BCUT2D eigenvalue weighted by atomic mass is 32.2. The molecule has 4 rings (SSSR count). The Morgan fingerprint density at radius 2 is 1.67 bits per heavy atom. The Bertz CT molecular complexity index is 1330. The Kier molecular flexibility index (Phi) is 6.44. The fourth-order valence-corrected chi connectivity index (χ4v) is 5.72. The number of benzene rings is 3. The molecule has 0 aromatic heterocycles. The Hall–Kier alpha value is -3.30. The minimum atomic E-state index is -3.77. The maximum atomic E-state index is 13.2. The second-order valence-corrected chi connectivity index (χ2v) is 10.2. The van der Waals surface area contributed by atoms with Gasteiger partial charge < -0.3 is 14.8 Å². The highest BCUT2D eigenvalue weighted by molar-refractivity contribution is 8.04. The van der Waals surface area contributed by atoms with E-state index in [1.807, 2.05) is 0 Å². The number of hydrogen-bond acceptors (Lipinski definition) is 6. The van der Waals surface area contributed by atoms with E-state index in [4.69, 9.17) is 9.47 Å². The molecule has 1 amide bonds. The summed E-state index contributed by atoms with van der Waals surface area (Å²) in [4.78, 5) is 13.8. The number of hydrogen-bond donors (Lipinski definition) is 1. The molecule has 170 valence electrons. The summed E-state index contributed by atoms with van der Waals surface area (Å²) >= 11 is 1.22. The van der Waals surface area contributed by atoms with Crippen molar-refractivity contribution in [3.8, 4) is 11.5 Å². The van der Waals surface area contributed by atoms with Gasteiger partial charge in [-0.05, 0) is 54.1 Å². The number of halogens is 1. The van der Waals surface area contributed by atoms with Crippen molar-refractivity contribution in [3.05, 3.63) is 82.5 Å². The third-order valence-corrected chi connectivity index (χ3v) is 7.77. The summed E-state index contributed by atoms with van der Waals surface area (Å²) in [6.45, 7) is 0. The Morgan fingerprint density at radius 3 is 2.30 bits per heavy atom. The zero-order chi connectivity index (χ0) is 23.6. The lowest BCUT2D eigenvalue weighted by atomic mass is 10.2. The Morgan fingerprint density at radius 1 is 1.00 bits per heavy atom. The molecule has 1 heterocycles. The van der Waals surface area contributed by atoms with Crippen molar-refractivity contribution in [2.24, 2.45) is 0 Å². The summed E-state index contributed by atoms with van der Waals surface area (Å²) in [7, 11) is -0.835. The van der Waals surface area contributed by atoms with Crippen LogP contribution in [0.1, 0.15) is 11.1 Å². The first-order chi connectivity index (χ1) is 15.8. The molecule has 3 aromatic carbocycles. The normalized spacial score (nSPS) is 14.5. The Balaban J connectivity index is 1.63. The molecule has 1 aliphatic rings. The lowest BCUT2D eigenvalue weighted by molar-refractivity contribution is -0.112. The van der Waals surface area contributed by atoms with E-state index >= 15 is 0 Å². The predicted molar refractivity (Wildman–Crippen MR) is 126 cm³/mol. The van der Waals surface area contributed by atoms with Crippen LogP contribution in [0, 0.1) is 5.82 Å². The van der Waals surface area contributed by atoms with Crippen molar-refractivity contribution in [1.82, 2.24) is 0 Å². The standard InChI is InChI=1S/C24H20FNO5S2/c1-30-20-4-3-5-21(31-2)18(20)14-33(28,29)17-10-11-22-19(13-17)26-24(27)23(32-22)12-15-6-8-16(25)9-7-15/h3-13H,14H2,1-2H3,(H,26,27)/b23-12+. The van der Waals surface area contributed by atoms with E-state index in [1.165, 1.54) is 50.2 Å². The van der Waals surface area contributed by atoms with Crippen LogP contribution in [0.5, 0.6) is 11.5 Å². The first-order valence-electron chi connectivity index (χ1n) is 9.84. The minimum Gasteiger partial charge on any atom is -0.496 e. The lowest BCUT2D eigenvalue weighted by Crippen LogP contribution is -2.18. The Labute approximate surface area is 195 Å². The van der Waals surface area contributed by atoms with Gasteiger partial charge in [0.15, 0.2) is 9.84 Å². The minimum absolute atomic E-state index is 0.0704. The number of amides is 1. The number of nitrogens with one attached hydrogen (secondary N) is 1. The van der Waals surface area contributed by atoms with Crippen molar-refractivity contribution in [2.75, 3.05) is 19.5 Å². The first kappa shape index (κ1) is 22.9. The monoisotopic (exact) mass is 485 g/mol. The SMILES string of the molecule is COc1cccc(OC)c1CS(=O)(=O)c1ccc2c(c1)NC(=O)/C(=C\c1ccc(F)cc1)S2. The van der Waals surface area contributed by atoms with Crippen LogP contribution in [0.15, 0.2) is 75.4 Å². The van der Waals surface area contributed by atoms with Crippen molar-refractivity contribution in [2.45, 2.75) is 15.5 Å². The van der Waals surface area contributed by atoms with Crippen molar-refractivity contribution in [3.63, 3.8) is 0 Å².